The largest absolute Gasteiger partial charge is 0.436 e. The highest BCUT2D eigenvalue weighted by atomic mass is 79.9. The fourth-order valence-electron chi connectivity index (χ4n) is 3.10. The van der Waals surface area contributed by atoms with Gasteiger partial charge in [-0.05, 0) is 65.5 Å². The molecule has 1 heterocycles. The van der Waals surface area contributed by atoms with Crippen LogP contribution in [0.25, 0.3) is 0 Å². The van der Waals surface area contributed by atoms with Crippen molar-refractivity contribution in [3.05, 3.63) is 45.7 Å². The lowest BCUT2D eigenvalue weighted by molar-refractivity contribution is -0.142. The van der Waals surface area contributed by atoms with Crippen LogP contribution in [-0.4, -0.2) is 21.4 Å². The summed E-state index contributed by atoms with van der Waals surface area (Å²) in [6.45, 7) is 3.02. The number of aryl methyl sites for hydroxylation is 2. The van der Waals surface area contributed by atoms with Gasteiger partial charge in [-0.25, -0.2) is 0 Å². The van der Waals surface area contributed by atoms with Crippen molar-refractivity contribution in [1.29, 1.82) is 0 Å². The quantitative estimate of drug-likeness (QED) is 0.411. The maximum Gasteiger partial charge on any atom is 0.436 e. The molecule has 1 fully saturated rings. The molecule has 28 heavy (non-hydrogen) atoms. The zero-order valence-corrected chi connectivity index (χ0v) is 17.8. The number of benzene rings is 1. The summed E-state index contributed by atoms with van der Waals surface area (Å²) in [5, 5.41) is 10.6. The molecule has 3 rings (SSSR count). The van der Waals surface area contributed by atoms with Gasteiger partial charge in [-0.15, -0.1) is 0 Å². The molecule has 0 amide bonds. The van der Waals surface area contributed by atoms with E-state index in [0.717, 1.165) is 24.9 Å². The van der Waals surface area contributed by atoms with Crippen LogP contribution in [0.5, 0.6) is 0 Å². The van der Waals surface area contributed by atoms with E-state index in [-0.39, 0.29) is 10.4 Å². The molecule has 4 nitrogen and oxygen atoms in total. The molecule has 1 aromatic heterocycles. The number of rotatable bonds is 7. The van der Waals surface area contributed by atoms with E-state index in [4.69, 9.17) is 12.2 Å². The Morgan fingerprint density at radius 1 is 1.32 bits per heavy atom. The average molecular weight is 475 g/mol. The molecule has 0 aliphatic heterocycles. The van der Waals surface area contributed by atoms with Crippen LogP contribution in [0.3, 0.4) is 0 Å². The summed E-state index contributed by atoms with van der Waals surface area (Å²) in [5.74, 6) is 0.166. The van der Waals surface area contributed by atoms with Gasteiger partial charge < -0.3 is 10.6 Å². The molecule has 0 atom stereocenters. The van der Waals surface area contributed by atoms with Gasteiger partial charge in [0.2, 0.25) is 0 Å². The number of thiocarbonyl (C=S) groups is 1. The van der Waals surface area contributed by atoms with E-state index in [9.17, 15) is 13.2 Å². The van der Waals surface area contributed by atoms with E-state index in [1.165, 1.54) is 10.2 Å². The van der Waals surface area contributed by atoms with Crippen molar-refractivity contribution in [2.45, 2.75) is 51.2 Å². The highest BCUT2D eigenvalue weighted by Crippen LogP contribution is 2.46. The monoisotopic (exact) mass is 474 g/mol. The minimum absolute atomic E-state index is 0.0869. The molecule has 2 N–H and O–H groups in total. The van der Waals surface area contributed by atoms with Crippen molar-refractivity contribution in [2.24, 2.45) is 0 Å². The van der Waals surface area contributed by atoms with Crippen molar-refractivity contribution >= 4 is 38.9 Å². The predicted octanol–water partition coefficient (Wildman–Crippen LogP) is 5.48. The molecular weight excluding hydrogens is 453 g/mol. The molecule has 0 bridgehead atoms. The number of para-hydroxylation sites is 1. The van der Waals surface area contributed by atoms with E-state index in [1.807, 2.05) is 24.3 Å². The summed E-state index contributed by atoms with van der Waals surface area (Å²) >= 11 is 8.44. The molecule has 0 radical (unpaired) electrons. The Morgan fingerprint density at radius 2 is 2.04 bits per heavy atom. The molecule has 1 saturated carbocycles. The summed E-state index contributed by atoms with van der Waals surface area (Å²) in [5.41, 5.74) is 1.95. The van der Waals surface area contributed by atoms with Gasteiger partial charge in [0.15, 0.2) is 10.8 Å². The first-order valence-corrected chi connectivity index (χ1v) is 10.5. The van der Waals surface area contributed by atoms with Gasteiger partial charge in [0, 0.05) is 24.7 Å². The van der Waals surface area contributed by atoms with E-state index in [1.54, 1.807) is 0 Å². The summed E-state index contributed by atoms with van der Waals surface area (Å²) in [7, 11) is 0. The molecule has 1 aromatic carbocycles. The number of nitrogens with zero attached hydrogens (tertiary/aromatic N) is 2. The molecule has 1 aliphatic rings. The molecule has 9 heteroatoms. The number of hydrogen-bond acceptors (Lipinski definition) is 2. The van der Waals surface area contributed by atoms with Crippen molar-refractivity contribution in [2.75, 3.05) is 11.9 Å². The number of anilines is 1. The van der Waals surface area contributed by atoms with Crippen LogP contribution in [0.4, 0.5) is 18.9 Å². The van der Waals surface area contributed by atoms with E-state index >= 15 is 0 Å². The van der Waals surface area contributed by atoms with Gasteiger partial charge in [0.05, 0.1) is 10.2 Å². The summed E-state index contributed by atoms with van der Waals surface area (Å²) in [6.07, 6.45) is -1.13. The first-order valence-electron chi connectivity index (χ1n) is 9.27. The zero-order valence-electron chi connectivity index (χ0n) is 15.4. The topological polar surface area (TPSA) is 41.9 Å². The molecular formula is C19H22BrF3N4S. The Labute approximate surface area is 176 Å². The maximum atomic E-state index is 13.1. The van der Waals surface area contributed by atoms with Crippen LogP contribution >= 0.6 is 28.1 Å². The first kappa shape index (κ1) is 21.1. The van der Waals surface area contributed by atoms with Crippen molar-refractivity contribution in [3.8, 4) is 0 Å². The predicted molar refractivity (Wildman–Crippen MR) is 112 cm³/mol. The van der Waals surface area contributed by atoms with Gasteiger partial charge in [0.1, 0.15) is 0 Å². The average Bonchev–Trinajstić information content (AvgIpc) is 3.41. The Hall–Kier alpha value is -1.61. The summed E-state index contributed by atoms with van der Waals surface area (Å²) in [4.78, 5) is 0. The fourth-order valence-corrected chi connectivity index (χ4v) is 4.14. The number of halogens is 4. The van der Waals surface area contributed by atoms with Gasteiger partial charge in [0.25, 0.3) is 0 Å². The van der Waals surface area contributed by atoms with Crippen molar-refractivity contribution < 1.29 is 13.2 Å². The minimum atomic E-state index is -4.45. The van der Waals surface area contributed by atoms with Crippen molar-refractivity contribution in [1.82, 2.24) is 15.1 Å². The second-order valence-electron chi connectivity index (χ2n) is 6.79. The third-order valence-corrected chi connectivity index (χ3v) is 5.67. The van der Waals surface area contributed by atoms with Gasteiger partial charge in [-0.1, -0.05) is 25.1 Å². The number of nitrogens with one attached hydrogen (secondary N) is 2. The van der Waals surface area contributed by atoms with Crippen LogP contribution in [-0.2, 0) is 19.1 Å². The summed E-state index contributed by atoms with van der Waals surface area (Å²) < 4.78 is 41.0. The van der Waals surface area contributed by atoms with Crippen LogP contribution < -0.4 is 10.6 Å². The minimum Gasteiger partial charge on any atom is -0.362 e. The van der Waals surface area contributed by atoms with Crippen LogP contribution in [0.2, 0.25) is 0 Å². The first-order chi connectivity index (χ1) is 13.3. The van der Waals surface area contributed by atoms with E-state index in [0.29, 0.717) is 30.3 Å². The number of hydrogen-bond donors (Lipinski definition) is 2. The molecule has 2 aromatic rings. The maximum absolute atomic E-state index is 13.1. The van der Waals surface area contributed by atoms with Crippen LogP contribution in [0.1, 0.15) is 49.1 Å². The third-order valence-electron chi connectivity index (χ3n) is 4.64. The van der Waals surface area contributed by atoms with Crippen LogP contribution in [0.15, 0.2) is 28.7 Å². The molecule has 0 saturated heterocycles. The molecule has 152 valence electrons. The standard InChI is InChI=1S/C19H22BrF3N4S/c1-2-12-6-3-4-7-14(12)25-18(28)24-10-5-11-27-16(13-8-9-13)15(20)17(26-27)19(21,22)23/h3-4,6-7,13H,2,5,8-11H2,1H3,(H2,24,25,28). The molecule has 0 unspecified atom stereocenters. The lowest BCUT2D eigenvalue weighted by Crippen LogP contribution is -2.30. The normalized spacial score (nSPS) is 14.2. The Balaban J connectivity index is 1.55. The Kier molecular flexibility index (Phi) is 6.65. The lowest BCUT2D eigenvalue weighted by Gasteiger charge is -2.13. The zero-order chi connectivity index (χ0) is 20.3. The fraction of sp³-hybridized carbons (Fsp3) is 0.474. The molecule has 0 spiro atoms. The van der Waals surface area contributed by atoms with Gasteiger partial charge >= 0.3 is 6.18 Å². The molecule has 1 aliphatic carbocycles. The van der Waals surface area contributed by atoms with Gasteiger partial charge in [-0.3, -0.25) is 4.68 Å². The second-order valence-corrected chi connectivity index (χ2v) is 7.99. The van der Waals surface area contributed by atoms with Gasteiger partial charge in [-0.2, -0.15) is 18.3 Å². The highest BCUT2D eigenvalue weighted by Gasteiger charge is 2.41. The summed E-state index contributed by atoms with van der Waals surface area (Å²) in [6, 6.07) is 7.93. The highest BCUT2D eigenvalue weighted by molar-refractivity contribution is 9.10. The second kappa shape index (κ2) is 8.82. The smallest absolute Gasteiger partial charge is 0.362 e. The van der Waals surface area contributed by atoms with Crippen LogP contribution in [0, 0.1) is 0 Å². The Morgan fingerprint density at radius 3 is 2.68 bits per heavy atom. The number of alkyl halides is 3. The van der Waals surface area contributed by atoms with E-state index in [2.05, 4.69) is 38.6 Å². The van der Waals surface area contributed by atoms with Crippen molar-refractivity contribution in [3.63, 3.8) is 0 Å². The Bertz CT molecular complexity index is 846. The van der Waals surface area contributed by atoms with E-state index < -0.39 is 11.9 Å². The SMILES string of the molecule is CCc1ccccc1NC(=S)NCCCn1nc(C(F)(F)F)c(Br)c1C1CC1. The lowest BCUT2D eigenvalue weighted by atomic mass is 10.1. The third kappa shape index (κ3) is 5.05. The number of aromatic nitrogens is 2.